The van der Waals surface area contributed by atoms with Gasteiger partial charge < -0.3 is 14.6 Å². The maximum Gasteiger partial charge on any atom is 0.217 e. The molecule has 5 nitrogen and oxygen atoms in total. The number of fused-ring (bicyclic) bond motifs is 1. The smallest absolute Gasteiger partial charge is 0.217 e. The lowest BCUT2D eigenvalue weighted by Gasteiger charge is -2.12. The van der Waals surface area contributed by atoms with Crippen LogP contribution in [0.1, 0.15) is 31.2 Å². The molecule has 0 saturated carbocycles. The van der Waals surface area contributed by atoms with Gasteiger partial charge in [-0.05, 0) is 43.0 Å². The van der Waals surface area contributed by atoms with Crippen LogP contribution in [0.15, 0.2) is 61.2 Å². The lowest BCUT2D eigenvalue weighted by Crippen LogP contribution is -2.21. The lowest BCUT2D eigenvalue weighted by molar-refractivity contribution is -0.119. The van der Waals surface area contributed by atoms with Crippen molar-refractivity contribution in [1.29, 1.82) is 0 Å². The molecule has 0 bridgehead atoms. The molecule has 3 aromatic rings. The first-order valence-corrected chi connectivity index (χ1v) is 9.69. The number of unbranched alkanes of at least 4 members (excludes halogenated alkanes) is 1. The van der Waals surface area contributed by atoms with Gasteiger partial charge in [0.05, 0.1) is 24.2 Å². The number of nitrogens with zero attached hydrogens (tertiary/aromatic N) is 2. The van der Waals surface area contributed by atoms with E-state index in [0.29, 0.717) is 13.2 Å². The SMILES string of the molecule is C=CCc1ccccc1OCCCCn1c(CNC(C)=O)nc2ccccc21. The number of amides is 1. The molecule has 0 spiro atoms. The summed E-state index contributed by atoms with van der Waals surface area (Å²) in [6, 6.07) is 16.2. The second-order valence-corrected chi connectivity index (χ2v) is 6.73. The average molecular weight is 377 g/mol. The third-order valence-electron chi connectivity index (χ3n) is 4.60. The van der Waals surface area contributed by atoms with Gasteiger partial charge in [0, 0.05) is 13.5 Å². The minimum Gasteiger partial charge on any atom is -0.493 e. The van der Waals surface area contributed by atoms with Crippen molar-refractivity contribution in [3.8, 4) is 5.75 Å². The first-order chi connectivity index (χ1) is 13.7. The Labute approximate surface area is 166 Å². The molecule has 1 amide bonds. The second-order valence-electron chi connectivity index (χ2n) is 6.73. The zero-order valence-electron chi connectivity index (χ0n) is 16.4. The molecule has 1 aromatic heterocycles. The Hall–Kier alpha value is -3.08. The van der Waals surface area contributed by atoms with E-state index in [-0.39, 0.29) is 5.91 Å². The fraction of sp³-hybridized carbons (Fsp3) is 0.304. The van der Waals surface area contributed by atoms with Crippen molar-refractivity contribution >= 4 is 16.9 Å². The zero-order valence-corrected chi connectivity index (χ0v) is 16.4. The Balaban J connectivity index is 1.58. The van der Waals surface area contributed by atoms with E-state index in [4.69, 9.17) is 4.74 Å². The summed E-state index contributed by atoms with van der Waals surface area (Å²) in [6.07, 6.45) is 4.61. The molecule has 5 heteroatoms. The molecule has 3 rings (SSSR count). The Bertz CT molecular complexity index is 946. The molecule has 0 atom stereocenters. The van der Waals surface area contributed by atoms with Crippen LogP contribution in [-0.4, -0.2) is 22.1 Å². The Morgan fingerprint density at radius 2 is 1.96 bits per heavy atom. The normalized spacial score (nSPS) is 10.8. The van der Waals surface area contributed by atoms with Gasteiger partial charge in [-0.1, -0.05) is 36.4 Å². The number of ether oxygens (including phenoxy) is 1. The topological polar surface area (TPSA) is 56.1 Å². The molecule has 0 aliphatic rings. The highest BCUT2D eigenvalue weighted by atomic mass is 16.5. The molecule has 0 saturated heterocycles. The predicted molar refractivity (Wildman–Crippen MR) is 112 cm³/mol. The Morgan fingerprint density at radius 3 is 2.79 bits per heavy atom. The van der Waals surface area contributed by atoms with Gasteiger partial charge in [0.2, 0.25) is 5.91 Å². The van der Waals surface area contributed by atoms with Crippen molar-refractivity contribution in [2.75, 3.05) is 6.61 Å². The van der Waals surface area contributed by atoms with Crippen molar-refractivity contribution in [2.45, 2.75) is 39.3 Å². The number of hydrogen-bond donors (Lipinski definition) is 1. The van der Waals surface area contributed by atoms with E-state index in [0.717, 1.165) is 54.0 Å². The molecule has 0 fully saturated rings. The molecule has 1 heterocycles. The van der Waals surface area contributed by atoms with E-state index in [1.807, 2.05) is 42.5 Å². The largest absolute Gasteiger partial charge is 0.493 e. The number of hydrogen-bond acceptors (Lipinski definition) is 3. The summed E-state index contributed by atoms with van der Waals surface area (Å²) in [4.78, 5) is 16.0. The van der Waals surface area contributed by atoms with E-state index in [9.17, 15) is 4.79 Å². The number of para-hydroxylation sites is 3. The molecule has 0 aliphatic heterocycles. The van der Waals surface area contributed by atoms with Crippen molar-refractivity contribution in [3.63, 3.8) is 0 Å². The summed E-state index contributed by atoms with van der Waals surface area (Å²) in [5.41, 5.74) is 3.22. The van der Waals surface area contributed by atoms with Crippen LogP contribution >= 0.6 is 0 Å². The number of carbonyl (C=O) groups is 1. The molecular formula is C23H27N3O2. The van der Waals surface area contributed by atoms with Gasteiger partial charge in [-0.3, -0.25) is 4.79 Å². The minimum absolute atomic E-state index is 0.0507. The second kappa shape index (κ2) is 9.74. The minimum atomic E-state index is -0.0507. The van der Waals surface area contributed by atoms with Gasteiger partial charge in [0.1, 0.15) is 11.6 Å². The Morgan fingerprint density at radius 1 is 1.18 bits per heavy atom. The summed E-state index contributed by atoms with van der Waals surface area (Å²) < 4.78 is 8.17. The third kappa shape index (κ3) is 5.00. The van der Waals surface area contributed by atoms with Crippen LogP contribution < -0.4 is 10.1 Å². The number of carbonyl (C=O) groups excluding carboxylic acids is 1. The number of nitrogens with one attached hydrogen (secondary N) is 1. The number of aromatic nitrogens is 2. The highest BCUT2D eigenvalue weighted by Gasteiger charge is 2.10. The van der Waals surface area contributed by atoms with E-state index >= 15 is 0 Å². The first-order valence-electron chi connectivity index (χ1n) is 9.69. The van der Waals surface area contributed by atoms with Crippen molar-refractivity contribution in [2.24, 2.45) is 0 Å². The summed E-state index contributed by atoms with van der Waals surface area (Å²) >= 11 is 0. The lowest BCUT2D eigenvalue weighted by atomic mass is 10.1. The first kappa shape index (κ1) is 19.7. The van der Waals surface area contributed by atoms with Crippen LogP contribution in [-0.2, 0) is 24.3 Å². The molecular weight excluding hydrogens is 350 g/mol. The Kier molecular flexibility index (Phi) is 6.84. The maximum absolute atomic E-state index is 11.3. The van der Waals surface area contributed by atoms with Crippen molar-refractivity contribution < 1.29 is 9.53 Å². The standard InChI is InChI=1S/C23H27N3O2/c1-3-10-19-11-4-7-14-22(19)28-16-9-8-15-26-21-13-6-5-12-20(21)25-23(26)17-24-18(2)27/h3-7,11-14H,1,8-10,15-17H2,2H3,(H,24,27). The van der Waals surface area contributed by atoms with Crippen LogP contribution in [0.5, 0.6) is 5.75 Å². The molecule has 1 N–H and O–H groups in total. The average Bonchev–Trinajstić information content (AvgIpc) is 3.05. The fourth-order valence-electron chi connectivity index (χ4n) is 3.24. The molecule has 0 aliphatic carbocycles. The molecule has 28 heavy (non-hydrogen) atoms. The summed E-state index contributed by atoms with van der Waals surface area (Å²) in [7, 11) is 0. The number of aryl methyl sites for hydroxylation is 1. The predicted octanol–water partition coefficient (Wildman–Crippen LogP) is 4.26. The van der Waals surface area contributed by atoms with Crippen LogP contribution in [0, 0.1) is 0 Å². The van der Waals surface area contributed by atoms with Gasteiger partial charge in [-0.25, -0.2) is 4.98 Å². The van der Waals surface area contributed by atoms with Crippen LogP contribution in [0.4, 0.5) is 0 Å². The molecule has 2 aromatic carbocycles. The number of imidazole rings is 1. The van der Waals surface area contributed by atoms with Gasteiger partial charge in [-0.15, -0.1) is 6.58 Å². The van der Waals surface area contributed by atoms with E-state index < -0.39 is 0 Å². The molecule has 0 radical (unpaired) electrons. The zero-order chi connectivity index (χ0) is 19.8. The van der Waals surface area contributed by atoms with Crippen molar-refractivity contribution in [1.82, 2.24) is 14.9 Å². The number of allylic oxidation sites excluding steroid dienone is 1. The van der Waals surface area contributed by atoms with Gasteiger partial charge in [0.25, 0.3) is 0 Å². The van der Waals surface area contributed by atoms with E-state index in [2.05, 4.69) is 33.6 Å². The summed E-state index contributed by atoms with van der Waals surface area (Å²) in [5, 5.41) is 2.85. The van der Waals surface area contributed by atoms with Crippen LogP contribution in [0.2, 0.25) is 0 Å². The fourth-order valence-corrected chi connectivity index (χ4v) is 3.24. The highest BCUT2D eigenvalue weighted by Crippen LogP contribution is 2.20. The highest BCUT2D eigenvalue weighted by molar-refractivity contribution is 5.76. The molecule has 0 unspecified atom stereocenters. The quantitative estimate of drug-likeness (QED) is 0.424. The van der Waals surface area contributed by atoms with Gasteiger partial charge in [0.15, 0.2) is 0 Å². The van der Waals surface area contributed by atoms with Gasteiger partial charge >= 0.3 is 0 Å². The van der Waals surface area contributed by atoms with Crippen LogP contribution in [0.25, 0.3) is 11.0 Å². The third-order valence-corrected chi connectivity index (χ3v) is 4.60. The number of benzene rings is 2. The van der Waals surface area contributed by atoms with Gasteiger partial charge in [-0.2, -0.15) is 0 Å². The van der Waals surface area contributed by atoms with Crippen molar-refractivity contribution in [3.05, 3.63) is 72.6 Å². The van der Waals surface area contributed by atoms with E-state index in [1.54, 1.807) is 0 Å². The summed E-state index contributed by atoms with van der Waals surface area (Å²) in [5.74, 6) is 1.76. The monoisotopic (exact) mass is 377 g/mol. The maximum atomic E-state index is 11.3. The molecule has 146 valence electrons. The van der Waals surface area contributed by atoms with E-state index in [1.165, 1.54) is 6.92 Å². The number of rotatable bonds is 10. The van der Waals surface area contributed by atoms with Crippen LogP contribution in [0.3, 0.4) is 0 Å². The summed E-state index contributed by atoms with van der Waals surface area (Å²) in [6.45, 7) is 7.27.